The van der Waals surface area contributed by atoms with Gasteiger partial charge in [0.1, 0.15) is 0 Å². The quantitative estimate of drug-likeness (QED) is 0.836. The zero-order valence-corrected chi connectivity index (χ0v) is 13.2. The Balaban J connectivity index is 1.55. The van der Waals surface area contributed by atoms with Gasteiger partial charge in [0.15, 0.2) is 0 Å². The molecule has 114 valence electrons. The van der Waals surface area contributed by atoms with Crippen LogP contribution >= 0.6 is 11.6 Å². The molecule has 1 saturated carbocycles. The van der Waals surface area contributed by atoms with Crippen LogP contribution in [0.5, 0.6) is 0 Å². The Kier molecular flexibility index (Phi) is 4.81. The minimum Gasteiger partial charge on any atom is -0.336 e. The van der Waals surface area contributed by atoms with E-state index in [4.69, 9.17) is 11.6 Å². The first-order valence-electron chi connectivity index (χ1n) is 8.03. The van der Waals surface area contributed by atoms with Crippen LogP contribution in [0.4, 0.5) is 0 Å². The Labute approximate surface area is 131 Å². The highest BCUT2D eigenvalue weighted by molar-refractivity contribution is 6.30. The molecule has 1 saturated heterocycles. The van der Waals surface area contributed by atoms with Crippen molar-refractivity contribution < 1.29 is 4.79 Å². The maximum atomic E-state index is 12.5. The molecule has 1 heterocycles. The van der Waals surface area contributed by atoms with Crippen LogP contribution in [0.2, 0.25) is 5.02 Å². The van der Waals surface area contributed by atoms with Crippen LogP contribution in [0.15, 0.2) is 24.3 Å². The molecule has 21 heavy (non-hydrogen) atoms. The van der Waals surface area contributed by atoms with Gasteiger partial charge in [-0.25, -0.2) is 0 Å². The number of halogens is 1. The predicted octanol–water partition coefficient (Wildman–Crippen LogP) is 3.43. The zero-order chi connectivity index (χ0) is 14.7. The van der Waals surface area contributed by atoms with Gasteiger partial charge in [0.2, 0.25) is 0 Å². The van der Waals surface area contributed by atoms with Gasteiger partial charge in [-0.05, 0) is 37.1 Å². The average Bonchev–Trinajstić information content (AvgIpc) is 2.56. The molecule has 1 aliphatic heterocycles. The van der Waals surface area contributed by atoms with E-state index in [9.17, 15) is 4.79 Å². The monoisotopic (exact) mass is 306 g/mol. The number of benzene rings is 1. The molecule has 3 rings (SSSR count). The van der Waals surface area contributed by atoms with Crippen LogP contribution in [-0.4, -0.2) is 47.9 Å². The molecular weight excluding hydrogens is 284 g/mol. The summed E-state index contributed by atoms with van der Waals surface area (Å²) >= 11 is 5.88. The SMILES string of the molecule is O=C(c1ccc(Cl)cc1)N1CCN(C2CCCCC2)CC1. The summed E-state index contributed by atoms with van der Waals surface area (Å²) in [6.45, 7) is 3.73. The first-order chi connectivity index (χ1) is 10.2. The number of carbonyl (C=O) groups excluding carboxylic acids is 1. The normalized spacial score (nSPS) is 21.5. The van der Waals surface area contributed by atoms with E-state index in [0.29, 0.717) is 5.02 Å². The zero-order valence-electron chi connectivity index (χ0n) is 12.4. The summed E-state index contributed by atoms with van der Waals surface area (Å²) in [5.41, 5.74) is 0.741. The Morgan fingerprint density at radius 2 is 1.57 bits per heavy atom. The van der Waals surface area contributed by atoms with Crippen molar-refractivity contribution in [3.8, 4) is 0 Å². The number of hydrogen-bond donors (Lipinski definition) is 0. The lowest BCUT2D eigenvalue weighted by Gasteiger charge is -2.40. The van der Waals surface area contributed by atoms with Gasteiger partial charge in [-0.2, -0.15) is 0 Å². The Morgan fingerprint density at radius 3 is 2.19 bits per heavy atom. The molecule has 0 aromatic heterocycles. The van der Waals surface area contributed by atoms with Crippen molar-refractivity contribution in [2.24, 2.45) is 0 Å². The number of piperazine rings is 1. The first kappa shape index (κ1) is 14.9. The van der Waals surface area contributed by atoms with Crippen LogP contribution in [-0.2, 0) is 0 Å². The maximum Gasteiger partial charge on any atom is 0.253 e. The molecule has 2 fully saturated rings. The fourth-order valence-electron chi connectivity index (χ4n) is 3.51. The van der Waals surface area contributed by atoms with Gasteiger partial charge in [-0.1, -0.05) is 30.9 Å². The van der Waals surface area contributed by atoms with Crippen LogP contribution in [0, 0.1) is 0 Å². The van der Waals surface area contributed by atoms with Gasteiger partial charge in [0, 0.05) is 42.8 Å². The van der Waals surface area contributed by atoms with Crippen molar-refractivity contribution >= 4 is 17.5 Å². The van der Waals surface area contributed by atoms with Gasteiger partial charge < -0.3 is 4.90 Å². The molecule has 2 aliphatic rings. The molecule has 1 aliphatic carbocycles. The van der Waals surface area contributed by atoms with Crippen molar-refractivity contribution in [3.05, 3.63) is 34.9 Å². The van der Waals surface area contributed by atoms with Gasteiger partial charge >= 0.3 is 0 Å². The molecular formula is C17H23ClN2O. The largest absolute Gasteiger partial charge is 0.336 e. The number of hydrogen-bond acceptors (Lipinski definition) is 2. The topological polar surface area (TPSA) is 23.6 Å². The van der Waals surface area contributed by atoms with Crippen LogP contribution in [0.25, 0.3) is 0 Å². The molecule has 0 unspecified atom stereocenters. The van der Waals surface area contributed by atoms with Gasteiger partial charge in [0.25, 0.3) is 5.91 Å². The number of carbonyl (C=O) groups is 1. The van der Waals surface area contributed by atoms with E-state index in [1.165, 1.54) is 32.1 Å². The van der Waals surface area contributed by atoms with E-state index in [2.05, 4.69) is 4.90 Å². The highest BCUT2D eigenvalue weighted by atomic mass is 35.5. The minimum absolute atomic E-state index is 0.134. The fourth-order valence-corrected chi connectivity index (χ4v) is 3.64. The number of amides is 1. The Bertz CT molecular complexity index is 474. The van der Waals surface area contributed by atoms with E-state index in [0.717, 1.165) is 37.8 Å². The van der Waals surface area contributed by atoms with Gasteiger partial charge in [0.05, 0.1) is 0 Å². The predicted molar refractivity (Wildman–Crippen MR) is 85.8 cm³/mol. The van der Waals surface area contributed by atoms with Crippen LogP contribution in [0.1, 0.15) is 42.5 Å². The Hall–Kier alpha value is -1.06. The van der Waals surface area contributed by atoms with E-state index in [-0.39, 0.29) is 5.91 Å². The van der Waals surface area contributed by atoms with Crippen molar-refractivity contribution in [2.45, 2.75) is 38.1 Å². The minimum atomic E-state index is 0.134. The number of rotatable bonds is 2. The van der Waals surface area contributed by atoms with Crippen LogP contribution in [0.3, 0.4) is 0 Å². The molecule has 0 atom stereocenters. The molecule has 4 heteroatoms. The lowest BCUT2D eigenvalue weighted by molar-refractivity contribution is 0.0523. The third-order valence-corrected chi connectivity index (χ3v) is 5.04. The fraction of sp³-hybridized carbons (Fsp3) is 0.588. The Morgan fingerprint density at radius 1 is 0.952 bits per heavy atom. The molecule has 0 radical (unpaired) electrons. The molecule has 1 aromatic carbocycles. The highest BCUT2D eigenvalue weighted by Gasteiger charge is 2.27. The molecule has 0 N–H and O–H groups in total. The summed E-state index contributed by atoms with van der Waals surface area (Å²) < 4.78 is 0. The standard InChI is InChI=1S/C17H23ClN2O/c18-15-8-6-14(7-9-15)17(21)20-12-10-19(11-13-20)16-4-2-1-3-5-16/h6-9,16H,1-5,10-13H2. The smallest absolute Gasteiger partial charge is 0.253 e. The lowest BCUT2D eigenvalue weighted by Crippen LogP contribution is -2.52. The maximum absolute atomic E-state index is 12.5. The van der Waals surface area contributed by atoms with Crippen molar-refractivity contribution in [1.82, 2.24) is 9.80 Å². The van der Waals surface area contributed by atoms with Crippen LogP contribution < -0.4 is 0 Å². The summed E-state index contributed by atoms with van der Waals surface area (Å²) in [6, 6.07) is 7.96. The molecule has 0 spiro atoms. The second kappa shape index (κ2) is 6.80. The molecule has 1 aromatic rings. The molecule has 1 amide bonds. The van der Waals surface area contributed by atoms with Crippen molar-refractivity contribution in [3.63, 3.8) is 0 Å². The number of nitrogens with zero attached hydrogens (tertiary/aromatic N) is 2. The highest BCUT2D eigenvalue weighted by Crippen LogP contribution is 2.23. The second-order valence-corrected chi connectivity index (χ2v) is 6.56. The van der Waals surface area contributed by atoms with E-state index in [1.54, 1.807) is 12.1 Å². The third kappa shape index (κ3) is 3.58. The summed E-state index contributed by atoms with van der Waals surface area (Å²) in [5.74, 6) is 0.134. The lowest BCUT2D eigenvalue weighted by atomic mass is 9.94. The summed E-state index contributed by atoms with van der Waals surface area (Å²) in [7, 11) is 0. The summed E-state index contributed by atoms with van der Waals surface area (Å²) in [6.07, 6.45) is 6.81. The summed E-state index contributed by atoms with van der Waals surface area (Å²) in [4.78, 5) is 17.0. The van der Waals surface area contributed by atoms with E-state index >= 15 is 0 Å². The first-order valence-corrected chi connectivity index (χ1v) is 8.41. The molecule has 0 bridgehead atoms. The van der Waals surface area contributed by atoms with E-state index in [1.807, 2.05) is 17.0 Å². The van der Waals surface area contributed by atoms with Gasteiger partial charge in [-0.15, -0.1) is 0 Å². The van der Waals surface area contributed by atoms with Gasteiger partial charge in [-0.3, -0.25) is 9.69 Å². The second-order valence-electron chi connectivity index (χ2n) is 6.13. The van der Waals surface area contributed by atoms with Crippen molar-refractivity contribution in [1.29, 1.82) is 0 Å². The third-order valence-electron chi connectivity index (χ3n) is 4.78. The van der Waals surface area contributed by atoms with Crippen molar-refractivity contribution in [2.75, 3.05) is 26.2 Å². The molecule has 3 nitrogen and oxygen atoms in total. The summed E-state index contributed by atoms with van der Waals surface area (Å²) in [5, 5.41) is 0.675. The average molecular weight is 307 g/mol. The van der Waals surface area contributed by atoms with E-state index < -0.39 is 0 Å².